The molecule has 0 bridgehead atoms. The number of hydrogen-bond donors (Lipinski definition) is 0. The Bertz CT molecular complexity index is 683. The monoisotopic (exact) mass is 345 g/mol. The molecule has 1 aromatic rings. The zero-order chi connectivity index (χ0) is 18.0. The fraction of sp³-hybridized carbons (Fsp3) is 0.500. The molecule has 0 spiro atoms. The van der Waals surface area contributed by atoms with Gasteiger partial charge in [-0.05, 0) is 31.5 Å². The second kappa shape index (κ2) is 7.23. The standard InChI is InChI=1S/C18H23N3O4/c1-3-25-18(24)20-9-7-19(8-10-20)15-12-16(22)21(17(15)23)14-6-4-5-13(2)11-14/h4-6,11,15H,3,7-10,12H2,1-2H3/t15-/m1/s1. The normalized spacial score (nSPS) is 21.8. The minimum Gasteiger partial charge on any atom is -0.450 e. The molecule has 134 valence electrons. The number of benzene rings is 1. The fourth-order valence-corrected chi connectivity index (χ4v) is 3.37. The zero-order valence-corrected chi connectivity index (χ0v) is 14.6. The highest BCUT2D eigenvalue weighted by Gasteiger charge is 2.43. The van der Waals surface area contributed by atoms with E-state index in [0.29, 0.717) is 38.5 Å². The number of amides is 3. The van der Waals surface area contributed by atoms with Crippen molar-refractivity contribution >= 4 is 23.6 Å². The number of carbonyl (C=O) groups excluding carboxylic acids is 3. The SMILES string of the molecule is CCOC(=O)N1CCN([C@@H]2CC(=O)N(c3cccc(C)c3)C2=O)CC1. The van der Waals surface area contributed by atoms with E-state index in [-0.39, 0.29) is 24.3 Å². The van der Waals surface area contributed by atoms with Gasteiger partial charge in [0.2, 0.25) is 5.91 Å². The molecule has 25 heavy (non-hydrogen) atoms. The van der Waals surface area contributed by atoms with Crippen molar-refractivity contribution in [2.45, 2.75) is 26.3 Å². The molecule has 2 aliphatic rings. The van der Waals surface area contributed by atoms with Crippen LogP contribution in [0.2, 0.25) is 0 Å². The summed E-state index contributed by atoms with van der Waals surface area (Å²) in [7, 11) is 0. The maximum atomic E-state index is 12.8. The number of imide groups is 1. The summed E-state index contributed by atoms with van der Waals surface area (Å²) in [5.41, 5.74) is 1.63. The van der Waals surface area contributed by atoms with E-state index in [4.69, 9.17) is 4.74 Å². The second-order valence-corrected chi connectivity index (χ2v) is 6.35. The van der Waals surface area contributed by atoms with Crippen LogP contribution in [0.3, 0.4) is 0 Å². The minimum atomic E-state index is -0.447. The molecule has 1 aromatic carbocycles. The van der Waals surface area contributed by atoms with Crippen molar-refractivity contribution in [3.63, 3.8) is 0 Å². The Labute approximate surface area is 147 Å². The summed E-state index contributed by atoms with van der Waals surface area (Å²) in [4.78, 5) is 41.9. The lowest BCUT2D eigenvalue weighted by Crippen LogP contribution is -2.54. The third-order valence-electron chi connectivity index (χ3n) is 4.66. The highest BCUT2D eigenvalue weighted by atomic mass is 16.6. The average Bonchev–Trinajstić information content (AvgIpc) is 2.90. The number of piperazine rings is 1. The Hall–Kier alpha value is -2.41. The Kier molecular flexibility index (Phi) is 5.03. The van der Waals surface area contributed by atoms with Crippen LogP contribution < -0.4 is 4.90 Å². The van der Waals surface area contributed by atoms with Gasteiger partial charge >= 0.3 is 6.09 Å². The molecule has 2 saturated heterocycles. The van der Waals surface area contributed by atoms with Crippen molar-refractivity contribution in [2.24, 2.45) is 0 Å². The van der Waals surface area contributed by atoms with E-state index >= 15 is 0 Å². The number of rotatable bonds is 3. The van der Waals surface area contributed by atoms with Gasteiger partial charge in [-0.2, -0.15) is 0 Å². The van der Waals surface area contributed by atoms with Crippen LogP contribution in [-0.2, 0) is 14.3 Å². The van der Waals surface area contributed by atoms with Gasteiger partial charge in [-0.1, -0.05) is 12.1 Å². The van der Waals surface area contributed by atoms with Crippen LogP contribution in [0.15, 0.2) is 24.3 Å². The summed E-state index contributed by atoms with van der Waals surface area (Å²) < 4.78 is 5.01. The minimum absolute atomic E-state index is 0.173. The molecule has 2 fully saturated rings. The van der Waals surface area contributed by atoms with Gasteiger partial charge in [-0.25, -0.2) is 9.69 Å². The first kappa shape index (κ1) is 17.4. The van der Waals surface area contributed by atoms with Crippen LogP contribution in [0.4, 0.5) is 10.5 Å². The number of carbonyl (C=O) groups is 3. The van der Waals surface area contributed by atoms with Crippen molar-refractivity contribution in [3.8, 4) is 0 Å². The van der Waals surface area contributed by atoms with E-state index in [1.54, 1.807) is 17.9 Å². The Balaban J connectivity index is 1.66. The smallest absolute Gasteiger partial charge is 0.409 e. The predicted molar refractivity (Wildman–Crippen MR) is 92.2 cm³/mol. The maximum absolute atomic E-state index is 12.8. The number of anilines is 1. The molecule has 0 unspecified atom stereocenters. The van der Waals surface area contributed by atoms with Gasteiger partial charge in [0.25, 0.3) is 5.91 Å². The van der Waals surface area contributed by atoms with Crippen LogP contribution in [0, 0.1) is 6.92 Å². The third-order valence-corrected chi connectivity index (χ3v) is 4.66. The quantitative estimate of drug-likeness (QED) is 0.775. The summed E-state index contributed by atoms with van der Waals surface area (Å²) in [5, 5.41) is 0. The first-order valence-corrected chi connectivity index (χ1v) is 8.60. The molecule has 0 aromatic heterocycles. The van der Waals surface area contributed by atoms with Crippen molar-refractivity contribution < 1.29 is 19.1 Å². The van der Waals surface area contributed by atoms with Crippen molar-refractivity contribution in [1.29, 1.82) is 0 Å². The molecule has 3 amide bonds. The summed E-state index contributed by atoms with van der Waals surface area (Å²) in [6, 6.07) is 6.95. The molecule has 0 saturated carbocycles. The molecule has 0 radical (unpaired) electrons. The number of nitrogens with zero attached hydrogens (tertiary/aromatic N) is 3. The molecule has 2 heterocycles. The van der Waals surface area contributed by atoms with Crippen LogP contribution in [0.1, 0.15) is 18.9 Å². The molecule has 0 N–H and O–H groups in total. The van der Waals surface area contributed by atoms with Gasteiger partial charge in [0, 0.05) is 26.2 Å². The van der Waals surface area contributed by atoms with Gasteiger partial charge in [0.05, 0.1) is 24.8 Å². The highest BCUT2D eigenvalue weighted by molar-refractivity contribution is 6.22. The van der Waals surface area contributed by atoms with Crippen molar-refractivity contribution in [3.05, 3.63) is 29.8 Å². The lowest BCUT2D eigenvalue weighted by Gasteiger charge is -2.36. The van der Waals surface area contributed by atoms with Crippen molar-refractivity contribution in [2.75, 3.05) is 37.7 Å². The molecular formula is C18H23N3O4. The lowest BCUT2D eigenvalue weighted by molar-refractivity contribution is -0.123. The van der Waals surface area contributed by atoms with Crippen LogP contribution in [0.5, 0.6) is 0 Å². The van der Waals surface area contributed by atoms with Gasteiger partial charge in [-0.15, -0.1) is 0 Å². The third kappa shape index (κ3) is 3.51. The number of hydrogen-bond acceptors (Lipinski definition) is 5. The second-order valence-electron chi connectivity index (χ2n) is 6.35. The van der Waals surface area contributed by atoms with Gasteiger partial charge in [0.15, 0.2) is 0 Å². The summed E-state index contributed by atoms with van der Waals surface area (Å²) in [6.45, 7) is 6.17. The first-order chi connectivity index (χ1) is 12.0. The van der Waals surface area contributed by atoms with Gasteiger partial charge in [0.1, 0.15) is 0 Å². The van der Waals surface area contributed by atoms with E-state index < -0.39 is 6.04 Å². The zero-order valence-electron chi connectivity index (χ0n) is 14.6. The molecule has 2 aliphatic heterocycles. The molecular weight excluding hydrogens is 322 g/mol. The number of aryl methyl sites for hydroxylation is 1. The first-order valence-electron chi connectivity index (χ1n) is 8.60. The summed E-state index contributed by atoms with van der Waals surface area (Å²) in [6.07, 6.45) is -0.135. The Morgan fingerprint density at radius 3 is 2.56 bits per heavy atom. The molecule has 1 atom stereocenters. The largest absolute Gasteiger partial charge is 0.450 e. The highest BCUT2D eigenvalue weighted by Crippen LogP contribution is 2.27. The maximum Gasteiger partial charge on any atom is 0.409 e. The average molecular weight is 345 g/mol. The van der Waals surface area contributed by atoms with E-state index in [1.165, 1.54) is 4.90 Å². The van der Waals surface area contributed by atoms with E-state index in [9.17, 15) is 14.4 Å². The van der Waals surface area contributed by atoms with Crippen LogP contribution in [0.25, 0.3) is 0 Å². The van der Waals surface area contributed by atoms with Gasteiger partial charge < -0.3 is 9.64 Å². The Morgan fingerprint density at radius 2 is 1.92 bits per heavy atom. The van der Waals surface area contributed by atoms with E-state index in [0.717, 1.165) is 5.56 Å². The number of ether oxygens (including phenoxy) is 1. The van der Waals surface area contributed by atoms with Crippen molar-refractivity contribution in [1.82, 2.24) is 9.80 Å². The fourth-order valence-electron chi connectivity index (χ4n) is 3.37. The van der Waals surface area contributed by atoms with E-state index in [2.05, 4.69) is 0 Å². The summed E-state index contributed by atoms with van der Waals surface area (Å²) in [5.74, 6) is -0.353. The lowest BCUT2D eigenvalue weighted by atomic mass is 10.1. The topological polar surface area (TPSA) is 70.2 Å². The molecule has 0 aliphatic carbocycles. The molecule has 7 heteroatoms. The van der Waals surface area contributed by atoms with Crippen LogP contribution in [-0.4, -0.2) is 66.5 Å². The predicted octanol–water partition coefficient (Wildman–Crippen LogP) is 1.40. The van der Waals surface area contributed by atoms with Crippen LogP contribution >= 0.6 is 0 Å². The summed E-state index contributed by atoms with van der Waals surface area (Å²) >= 11 is 0. The van der Waals surface area contributed by atoms with Gasteiger partial charge in [-0.3, -0.25) is 14.5 Å². The van der Waals surface area contributed by atoms with E-state index in [1.807, 2.05) is 30.0 Å². The molecule has 7 nitrogen and oxygen atoms in total. The Morgan fingerprint density at radius 1 is 1.20 bits per heavy atom. The molecule has 3 rings (SSSR count).